The van der Waals surface area contributed by atoms with Gasteiger partial charge in [-0.2, -0.15) is 0 Å². The molecule has 2 N–H and O–H groups in total. The van der Waals surface area contributed by atoms with Crippen LogP contribution in [0.5, 0.6) is 0 Å². The first-order valence-corrected chi connectivity index (χ1v) is 4.51. The second kappa shape index (κ2) is 3.26. The molecule has 0 amide bonds. The van der Waals surface area contributed by atoms with E-state index in [4.69, 9.17) is 5.73 Å². The van der Waals surface area contributed by atoms with Crippen molar-refractivity contribution >= 4 is 5.78 Å². The zero-order valence-electron chi connectivity index (χ0n) is 7.36. The highest BCUT2D eigenvalue weighted by molar-refractivity contribution is 5.98. The molecule has 0 aliphatic heterocycles. The average molecular weight is 176 g/mol. The topological polar surface area (TPSA) is 56.0 Å². The predicted molar refractivity (Wildman–Crippen MR) is 49.2 cm³/mol. The molecule has 3 heteroatoms. The Morgan fingerprint density at radius 2 is 2.38 bits per heavy atom. The van der Waals surface area contributed by atoms with Crippen molar-refractivity contribution < 1.29 is 4.79 Å². The van der Waals surface area contributed by atoms with Gasteiger partial charge < -0.3 is 5.73 Å². The SMILES string of the molecule is NCc1cccnc1C(=O)C1CC1. The standard InChI is InChI=1S/C10H12N2O/c11-6-8-2-1-5-12-9(8)10(13)7-3-4-7/h1-2,5,7H,3-4,6,11H2. The maximum Gasteiger partial charge on any atom is 0.184 e. The number of aromatic nitrogens is 1. The number of carbonyl (C=O) groups excluding carboxylic acids is 1. The lowest BCUT2D eigenvalue weighted by atomic mass is 10.1. The smallest absolute Gasteiger partial charge is 0.184 e. The third-order valence-corrected chi connectivity index (χ3v) is 2.29. The fourth-order valence-corrected chi connectivity index (χ4v) is 1.36. The summed E-state index contributed by atoms with van der Waals surface area (Å²) in [7, 11) is 0. The Hall–Kier alpha value is -1.22. The molecule has 1 aliphatic carbocycles. The molecular weight excluding hydrogens is 164 g/mol. The maximum atomic E-state index is 11.7. The van der Waals surface area contributed by atoms with E-state index in [1.165, 1.54) is 0 Å². The molecule has 3 nitrogen and oxygen atoms in total. The molecule has 0 bridgehead atoms. The Morgan fingerprint density at radius 1 is 1.62 bits per heavy atom. The Kier molecular flexibility index (Phi) is 2.10. The Bertz CT molecular complexity index is 331. The van der Waals surface area contributed by atoms with Crippen LogP contribution in [-0.2, 0) is 6.54 Å². The van der Waals surface area contributed by atoms with Crippen molar-refractivity contribution in [2.75, 3.05) is 0 Å². The van der Waals surface area contributed by atoms with Gasteiger partial charge in [-0.25, -0.2) is 0 Å². The summed E-state index contributed by atoms with van der Waals surface area (Å²) in [4.78, 5) is 15.7. The van der Waals surface area contributed by atoms with E-state index >= 15 is 0 Å². The van der Waals surface area contributed by atoms with Gasteiger partial charge in [0.25, 0.3) is 0 Å². The number of nitrogens with two attached hydrogens (primary N) is 1. The van der Waals surface area contributed by atoms with Crippen molar-refractivity contribution in [1.82, 2.24) is 4.98 Å². The minimum Gasteiger partial charge on any atom is -0.326 e. The van der Waals surface area contributed by atoms with E-state index in [9.17, 15) is 4.79 Å². The quantitative estimate of drug-likeness (QED) is 0.702. The lowest BCUT2D eigenvalue weighted by molar-refractivity contribution is 0.0961. The summed E-state index contributed by atoms with van der Waals surface area (Å²) in [6.07, 6.45) is 3.67. The first-order chi connectivity index (χ1) is 6.33. The maximum absolute atomic E-state index is 11.7. The van der Waals surface area contributed by atoms with Gasteiger partial charge in [-0.05, 0) is 24.5 Å². The predicted octanol–water partition coefficient (Wildman–Crippen LogP) is 1.13. The van der Waals surface area contributed by atoms with E-state index in [2.05, 4.69) is 4.98 Å². The number of Topliss-reactive ketones (excluding diaryl/α,β-unsaturated/α-hetero) is 1. The van der Waals surface area contributed by atoms with Crippen LogP contribution < -0.4 is 5.73 Å². The Morgan fingerprint density at radius 3 is 3.00 bits per heavy atom. The first kappa shape index (κ1) is 8.38. The molecule has 0 aromatic carbocycles. The molecular formula is C10H12N2O. The second-order valence-corrected chi connectivity index (χ2v) is 3.35. The van der Waals surface area contributed by atoms with Crippen LogP contribution in [0.2, 0.25) is 0 Å². The van der Waals surface area contributed by atoms with Crippen LogP contribution in [0, 0.1) is 5.92 Å². The minimum absolute atomic E-state index is 0.168. The van der Waals surface area contributed by atoms with Crippen LogP contribution in [0.25, 0.3) is 0 Å². The molecule has 1 aromatic rings. The van der Waals surface area contributed by atoms with E-state index in [0.29, 0.717) is 12.2 Å². The molecule has 0 spiro atoms. The van der Waals surface area contributed by atoms with Crippen LogP contribution in [-0.4, -0.2) is 10.8 Å². The molecule has 0 saturated heterocycles. The van der Waals surface area contributed by atoms with E-state index in [1.807, 2.05) is 12.1 Å². The largest absolute Gasteiger partial charge is 0.326 e. The molecule has 1 heterocycles. The van der Waals surface area contributed by atoms with Crippen LogP contribution in [0.15, 0.2) is 18.3 Å². The van der Waals surface area contributed by atoms with Gasteiger partial charge in [-0.1, -0.05) is 6.07 Å². The molecule has 1 aromatic heterocycles. The number of rotatable bonds is 3. The summed E-state index contributed by atoms with van der Waals surface area (Å²) >= 11 is 0. The van der Waals surface area contributed by atoms with Gasteiger partial charge in [0.15, 0.2) is 5.78 Å². The molecule has 13 heavy (non-hydrogen) atoms. The number of carbonyl (C=O) groups is 1. The Labute approximate surface area is 77.0 Å². The zero-order valence-corrected chi connectivity index (χ0v) is 7.36. The summed E-state index contributed by atoms with van der Waals surface area (Å²) in [6, 6.07) is 3.68. The van der Waals surface area contributed by atoms with E-state index in [-0.39, 0.29) is 11.7 Å². The fourth-order valence-electron chi connectivity index (χ4n) is 1.36. The van der Waals surface area contributed by atoms with Crippen molar-refractivity contribution in [1.29, 1.82) is 0 Å². The third kappa shape index (κ3) is 1.60. The summed E-state index contributed by atoms with van der Waals surface area (Å²) in [5.41, 5.74) is 6.95. The van der Waals surface area contributed by atoms with Gasteiger partial charge in [0.1, 0.15) is 5.69 Å². The van der Waals surface area contributed by atoms with Gasteiger partial charge in [-0.15, -0.1) is 0 Å². The monoisotopic (exact) mass is 176 g/mol. The van der Waals surface area contributed by atoms with Crippen LogP contribution >= 0.6 is 0 Å². The minimum atomic E-state index is 0.168. The molecule has 0 atom stereocenters. The Balaban J connectivity index is 2.31. The van der Waals surface area contributed by atoms with Gasteiger partial charge in [-0.3, -0.25) is 9.78 Å². The van der Waals surface area contributed by atoms with Crippen LogP contribution in [0.4, 0.5) is 0 Å². The van der Waals surface area contributed by atoms with E-state index < -0.39 is 0 Å². The lowest BCUT2D eigenvalue weighted by Gasteiger charge is -2.03. The average Bonchev–Trinajstić information content (AvgIpc) is 3.00. The summed E-state index contributed by atoms with van der Waals surface area (Å²) < 4.78 is 0. The molecule has 1 aliphatic rings. The van der Waals surface area contributed by atoms with Gasteiger partial charge in [0.05, 0.1) is 0 Å². The number of pyridine rings is 1. The molecule has 2 rings (SSSR count). The van der Waals surface area contributed by atoms with Crippen molar-refractivity contribution in [3.05, 3.63) is 29.6 Å². The zero-order chi connectivity index (χ0) is 9.26. The highest BCUT2D eigenvalue weighted by Gasteiger charge is 2.32. The van der Waals surface area contributed by atoms with Crippen molar-refractivity contribution in [2.45, 2.75) is 19.4 Å². The third-order valence-electron chi connectivity index (χ3n) is 2.29. The number of nitrogens with zero attached hydrogens (tertiary/aromatic N) is 1. The molecule has 1 saturated carbocycles. The van der Waals surface area contributed by atoms with Crippen molar-refractivity contribution in [3.63, 3.8) is 0 Å². The lowest BCUT2D eigenvalue weighted by Crippen LogP contribution is -2.11. The van der Waals surface area contributed by atoms with Gasteiger partial charge in [0.2, 0.25) is 0 Å². The highest BCUT2D eigenvalue weighted by Crippen LogP contribution is 2.32. The van der Waals surface area contributed by atoms with Crippen LogP contribution in [0.3, 0.4) is 0 Å². The molecule has 0 radical (unpaired) electrons. The molecule has 0 unspecified atom stereocenters. The van der Waals surface area contributed by atoms with Crippen molar-refractivity contribution in [3.8, 4) is 0 Å². The first-order valence-electron chi connectivity index (χ1n) is 4.51. The van der Waals surface area contributed by atoms with E-state index in [1.54, 1.807) is 6.20 Å². The van der Waals surface area contributed by atoms with E-state index in [0.717, 1.165) is 18.4 Å². The normalized spacial score (nSPS) is 15.8. The molecule has 68 valence electrons. The molecule has 1 fully saturated rings. The second-order valence-electron chi connectivity index (χ2n) is 3.35. The number of ketones is 1. The van der Waals surface area contributed by atoms with Crippen molar-refractivity contribution in [2.24, 2.45) is 11.7 Å². The van der Waals surface area contributed by atoms with Crippen LogP contribution in [0.1, 0.15) is 28.9 Å². The summed E-state index contributed by atoms with van der Waals surface area (Å²) in [6.45, 7) is 0.391. The fraction of sp³-hybridized carbons (Fsp3) is 0.400. The number of hydrogen-bond acceptors (Lipinski definition) is 3. The van der Waals surface area contributed by atoms with Gasteiger partial charge in [0, 0.05) is 18.7 Å². The number of hydrogen-bond donors (Lipinski definition) is 1. The summed E-state index contributed by atoms with van der Waals surface area (Å²) in [5.74, 6) is 0.390. The highest BCUT2D eigenvalue weighted by atomic mass is 16.1. The summed E-state index contributed by atoms with van der Waals surface area (Å²) in [5, 5.41) is 0. The van der Waals surface area contributed by atoms with Gasteiger partial charge >= 0.3 is 0 Å².